The van der Waals surface area contributed by atoms with E-state index < -0.39 is 0 Å². The van der Waals surface area contributed by atoms with Crippen LogP contribution in [0.3, 0.4) is 0 Å². The predicted molar refractivity (Wildman–Crippen MR) is 76.5 cm³/mol. The zero-order chi connectivity index (χ0) is 13.8. The maximum atomic E-state index is 12.5. The minimum absolute atomic E-state index is 0.0101. The molecule has 3 nitrogen and oxygen atoms in total. The molecule has 19 heavy (non-hydrogen) atoms. The first-order valence-corrected chi connectivity index (χ1v) is 7.14. The van der Waals surface area contributed by atoms with Crippen LogP contribution in [0.5, 0.6) is 5.75 Å². The van der Waals surface area contributed by atoms with Gasteiger partial charge in [-0.2, -0.15) is 0 Å². The molecule has 2 rings (SSSR count). The number of benzene rings is 1. The molecule has 0 spiro atoms. The Kier molecular flexibility index (Phi) is 4.59. The van der Waals surface area contributed by atoms with Crippen LogP contribution in [-0.4, -0.2) is 17.9 Å². The molecule has 0 bridgehead atoms. The minimum atomic E-state index is -0.0250. The summed E-state index contributed by atoms with van der Waals surface area (Å²) in [6.45, 7) is 3.96. The van der Waals surface area contributed by atoms with Crippen molar-refractivity contribution in [3.63, 3.8) is 0 Å². The number of nitrogens with two attached hydrogens (primary N) is 1. The van der Waals surface area contributed by atoms with E-state index in [1.54, 1.807) is 0 Å². The molecule has 1 fully saturated rings. The fourth-order valence-electron chi connectivity index (χ4n) is 2.69. The van der Waals surface area contributed by atoms with Gasteiger partial charge in [0.05, 0.1) is 6.10 Å². The second kappa shape index (κ2) is 6.20. The van der Waals surface area contributed by atoms with Crippen LogP contribution >= 0.6 is 0 Å². The number of ether oxygens (including phenoxy) is 1. The molecule has 0 aromatic heterocycles. The van der Waals surface area contributed by atoms with Crippen molar-refractivity contribution in [2.75, 3.05) is 0 Å². The molecule has 104 valence electrons. The third kappa shape index (κ3) is 3.57. The molecule has 1 aliphatic carbocycles. The first-order chi connectivity index (χ1) is 9.08. The Balaban J connectivity index is 2.14. The lowest BCUT2D eigenvalue weighted by Crippen LogP contribution is -2.38. The first-order valence-electron chi connectivity index (χ1n) is 7.14. The van der Waals surface area contributed by atoms with Crippen molar-refractivity contribution in [2.24, 2.45) is 11.7 Å². The topological polar surface area (TPSA) is 52.3 Å². The maximum Gasteiger partial charge on any atom is 0.167 e. The Morgan fingerprint density at radius 2 is 2.05 bits per heavy atom. The Morgan fingerprint density at radius 3 is 2.74 bits per heavy atom. The summed E-state index contributed by atoms with van der Waals surface area (Å²) < 4.78 is 5.64. The van der Waals surface area contributed by atoms with Gasteiger partial charge in [-0.05, 0) is 38.8 Å². The lowest BCUT2D eigenvalue weighted by Gasteiger charge is -2.27. The molecule has 0 heterocycles. The molecule has 1 aromatic rings. The molecule has 3 heteroatoms. The van der Waals surface area contributed by atoms with Crippen LogP contribution < -0.4 is 10.5 Å². The molecule has 0 aliphatic heterocycles. The molecule has 0 amide bonds. The zero-order valence-electron chi connectivity index (χ0n) is 11.8. The highest BCUT2D eigenvalue weighted by Crippen LogP contribution is 2.27. The fraction of sp³-hybridized carbons (Fsp3) is 0.562. The van der Waals surface area contributed by atoms with Gasteiger partial charge >= 0.3 is 0 Å². The second-order valence-electron chi connectivity index (χ2n) is 5.61. The van der Waals surface area contributed by atoms with Gasteiger partial charge in [-0.3, -0.25) is 4.79 Å². The minimum Gasteiger partial charge on any atom is -0.491 e. The van der Waals surface area contributed by atoms with Gasteiger partial charge in [0, 0.05) is 17.5 Å². The van der Waals surface area contributed by atoms with E-state index in [0.717, 1.165) is 37.0 Å². The van der Waals surface area contributed by atoms with Crippen molar-refractivity contribution in [1.29, 1.82) is 0 Å². The third-order valence-corrected chi connectivity index (χ3v) is 3.65. The van der Waals surface area contributed by atoms with Crippen molar-refractivity contribution < 1.29 is 9.53 Å². The molecule has 1 aliphatic rings. The van der Waals surface area contributed by atoms with Crippen LogP contribution in [-0.2, 0) is 0 Å². The van der Waals surface area contributed by atoms with Crippen LogP contribution in [0.1, 0.15) is 49.9 Å². The maximum absolute atomic E-state index is 12.5. The standard InChI is InChI=1S/C16H23NO2/c1-11(2)19-13-7-5-6-12(10-13)16(18)14-8-3-4-9-15(14)17/h5-7,10-11,14-15H,3-4,8-9,17H2,1-2H3. The Morgan fingerprint density at radius 1 is 1.32 bits per heavy atom. The molecular weight excluding hydrogens is 238 g/mol. The normalized spacial score (nSPS) is 23.4. The van der Waals surface area contributed by atoms with Gasteiger partial charge in [0.15, 0.2) is 5.78 Å². The van der Waals surface area contributed by atoms with E-state index in [1.807, 2.05) is 38.1 Å². The summed E-state index contributed by atoms with van der Waals surface area (Å²) in [6.07, 6.45) is 4.23. The summed E-state index contributed by atoms with van der Waals surface area (Å²) in [5, 5.41) is 0. The molecule has 2 N–H and O–H groups in total. The van der Waals surface area contributed by atoms with Crippen LogP contribution in [0.2, 0.25) is 0 Å². The van der Waals surface area contributed by atoms with Crippen molar-refractivity contribution in [1.82, 2.24) is 0 Å². The number of rotatable bonds is 4. The molecular formula is C16H23NO2. The van der Waals surface area contributed by atoms with Gasteiger partial charge < -0.3 is 10.5 Å². The van der Waals surface area contributed by atoms with Crippen LogP contribution in [0.15, 0.2) is 24.3 Å². The highest BCUT2D eigenvalue weighted by Gasteiger charge is 2.29. The number of ketones is 1. The van der Waals surface area contributed by atoms with Crippen molar-refractivity contribution in [3.8, 4) is 5.75 Å². The molecule has 2 atom stereocenters. The predicted octanol–water partition coefficient (Wildman–Crippen LogP) is 3.17. The number of Topliss-reactive ketones (excluding diaryl/α,β-unsaturated/α-hetero) is 1. The average Bonchev–Trinajstić information content (AvgIpc) is 2.38. The summed E-state index contributed by atoms with van der Waals surface area (Å²) in [7, 11) is 0. The fourth-order valence-corrected chi connectivity index (χ4v) is 2.69. The van der Waals surface area contributed by atoms with E-state index in [1.165, 1.54) is 0 Å². The number of carbonyl (C=O) groups is 1. The summed E-state index contributed by atoms with van der Waals surface area (Å²) >= 11 is 0. The molecule has 1 saturated carbocycles. The number of hydrogen-bond donors (Lipinski definition) is 1. The van der Waals surface area contributed by atoms with Crippen LogP contribution in [0.25, 0.3) is 0 Å². The van der Waals surface area contributed by atoms with Crippen LogP contribution in [0.4, 0.5) is 0 Å². The molecule has 0 saturated heterocycles. The van der Waals surface area contributed by atoms with Crippen LogP contribution in [0, 0.1) is 5.92 Å². The quantitative estimate of drug-likeness (QED) is 0.847. The highest BCUT2D eigenvalue weighted by molar-refractivity contribution is 5.98. The van der Waals surface area contributed by atoms with Gasteiger partial charge in [0.2, 0.25) is 0 Å². The first kappa shape index (κ1) is 14.1. The van der Waals surface area contributed by atoms with Crippen molar-refractivity contribution >= 4 is 5.78 Å². The smallest absolute Gasteiger partial charge is 0.167 e. The largest absolute Gasteiger partial charge is 0.491 e. The molecule has 0 radical (unpaired) electrons. The third-order valence-electron chi connectivity index (χ3n) is 3.65. The Hall–Kier alpha value is -1.35. The lowest BCUT2D eigenvalue weighted by molar-refractivity contribution is 0.0870. The summed E-state index contributed by atoms with van der Waals surface area (Å²) in [4.78, 5) is 12.5. The Labute approximate surface area is 115 Å². The van der Waals surface area contributed by atoms with E-state index in [-0.39, 0.29) is 23.8 Å². The van der Waals surface area contributed by atoms with Gasteiger partial charge in [-0.25, -0.2) is 0 Å². The van der Waals surface area contributed by atoms with Gasteiger partial charge in [0.1, 0.15) is 5.75 Å². The van der Waals surface area contributed by atoms with E-state index >= 15 is 0 Å². The van der Waals surface area contributed by atoms with Crippen molar-refractivity contribution in [2.45, 2.75) is 51.7 Å². The monoisotopic (exact) mass is 261 g/mol. The van der Waals surface area contributed by atoms with Gasteiger partial charge in [-0.15, -0.1) is 0 Å². The second-order valence-corrected chi connectivity index (χ2v) is 5.61. The SMILES string of the molecule is CC(C)Oc1cccc(C(=O)C2CCCCC2N)c1. The number of carbonyl (C=O) groups excluding carboxylic acids is 1. The lowest BCUT2D eigenvalue weighted by atomic mass is 9.80. The molecule has 1 aromatic carbocycles. The van der Waals surface area contributed by atoms with Gasteiger partial charge in [-0.1, -0.05) is 25.0 Å². The van der Waals surface area contributed by atoms with Crippen molar-refractivity contribution in [3.05, 3.63) is 29.8 Å². The summed E-state index contributed by atoms with van der Waals surface area (Å²) in [5.41, 5.74) is 6.81. The zero-order valence-corrected chi connectivity index (χ0v) is 11.8. The van der Waals surface area contributed by atoms with E-state index in [9.17, 15) is 4.79 Å². The molecule has 2 unspecified atom stereocenters. The summed E-state index contributed by atoms with van der Waals surface area (Å²) in [6, 6.07) is 7.47. The number of hydrogen-bond acceptors (Lipinski definition) is 3. The highest BCUT2D eigenvalue weighted by atomic mass is 16.5. The van der Waals surface area contributed by atoms with Gasteiger partial charge in [0.25, 0.3) is 0 Å². The van der Waals surface area contributed by atoms with E-state index in [2.05, 4.69) is 0 Å². The Bertz CT molecular complexity index is 442. The van der Waals surface area contributed by atoms with E-state index in [0.29, 0.717) is 0 Å². The average molecular weight is 261 g/mol. The summed E-state index contributed by atoms with van der Waals surface area (Å²) in [5.74, 6) is 0.898. The van der Waals surface area contributed by atoms with E-state index in [4.69, 9.17) is 10.5 Å².